The van der Waals surface area contributed by atoms with Gasteiger partial charge in [0, 0.05) is 29.6 Å². The summed E-state index contributed by atoms with van der Waals surface area (Å²) in [5.41, 5.74) is 3.23. The van der Waals surface area contributed by atoms with Crippen molar-refractivity contribution in [2.45, 2.75) is 18.7 Å². The molecule has 25 heavy (non-hydrogen) atoms. The van der Waals surface area contributed by atoms with Crippen molar-refractivity contribution in [2.24, 2.45) is 0 Å². The van der Waals surface area contributed by atoms with Crippen molar-refractivity contribution >= 4 is 22.7 Å². The van der Waals surface area contributed by atoms with E-state index in [0.717, 1.165) is 12.0 Å². The zero-order chi connectivity index (χ0) is 17.8. The van der Waals surface area contributed by atoms with Gasteiger partial charge < -0.3 is 10.0 Å². The number of benzene rings is 2. The molecule has 3 rings (SSSR count). The van der Waals surface area contributed by atoms with E-state index >= 15 is 0 Å². The molecule has 1 aliphatic heterocycles. The van der Waals surface area contributed by atoms with Gasteiger partial charge >= 0.3 is 5.97 Å². The molecule has 0 saturated carbocycles. The molecule has 1 amide bonds. The highest BCUT2D eigenvalue weighted by Gasteiger charge is 2.21. The largest absolute Gasteiger partial charge is 0.478 e. The lowest BCUT2D eigenvalue weighted by Gasteiger charge is -2.28. The molecule has 1 atom stereocenters. The van der Waals surface area contributed by atoms with Crippen LogP contribution >= 0.6 is 0 Å². The number of carbonyl (C=O) groups is 2. The monoisotopic (exact) mass is 357 g/mol. The van der Waals surface area contributed by atoms with Gasteiger partial charge in [0.05, 0.1) is 5.56 Å². The predicted molar refractivity (Wildman–Crippen MR) is 95.7 cm³/mol. The number of nitrogens with zero attached hydrogens (tertiary/aromatic N) is 1. The smallest absolute Gasteiger partial charge is 0.335 e. The Morgan fingerprint density at radius 3 is 2.60 bits per heavy atom. The molecule has 0 aliphatic carbocycles. The fraction of sp³-hybridized carbons (Fsp3) is 0.263. The molecule has 2 aromatic carbocycles. The second-order valence-electron chi connectivity index (χ2n) is 6.07. The van der Waals surface area contributed by atoms with E-state index in [4.69, 9.17) is 5.11 Å². The SMILES string of the molecule is O=C(O)c1cccc(CS(=O)CC(=O)N2CCc3ccccc3C2)c1. The minimum Gasteiger partial charge on any atom is -0.478 e. The molecule has 0 radical (unpaired) electrons. The van der Waals surface area contributed by atoms with Crippen LogP contribution in [0.5, 0.6) is 0 Å². The lowest BCUT2D eigenvalue weighted by molar-refractivity contribution is -0.129. The standard InChI is InChI=1S/C19H19NO4S/c21-18(20-9-8-15-5-1-2-6-17(15)11-20)13-25(24)12-14-4-3-7-16(10-14)19(22)23/h1-7,10H,8-9,11-13H2,(H,22,23). The van der Waals surface area contributed by atoms with Gasteiger partial charge in [-0.15, -0.1) is 0 Å². The van der Waals surface area contributed by atoms with Crippen LogP contribution in [-0.2, 0) is 34.3 Å². The average Bonchev–Trinajstić information content (AvgIpc) is 2.61. The molecule has 5 nitrogen and oxygen atoms in total. The first kappa shape index (κ1) is 17.4. The van der Waals surface area contributed by atoms with E-state index in [1.807, 2.05) is 18.2 Å². The van der Waals surface area contributed by atoms with Crippen molar-refractivity contribution in [3.8, 4) is 0 Å². The summed E-state index contributed by atoms with van der Waals surface area (Å²) in [6.07, 6.45) is 0.815. The lowest BCUT2D eigenvalue weighted by Crippen LogP contribution is -2.38. The van der Waals surface area contributed by atoms with E-state index < -0.39 is 16.8 Å². The molecule has 1 N–H and O–H groups in total. The molecular weight excluding hydrogens is 338 g/mol. The molecule has 1 aliphatic rings. The van der Waals surface area contributed by atoms with Gasteiger partial charge in [0.2, 0.25) is 5.91 Å². The summed E-state index contributed by atoms with van der Waals surface area (Å²) >= 11 is 0. The lowest BCUT2D eigenvalue weighted by atomic mass is 10.00. The van der Waals surface area contributed by atoms with Gasteiger partial charge in [-0.2, -0.15) is 0 Å². The van der Waals surface area contributed by atoms with E-state index in [-0.39, 0.29) is 23.0 Å². The van der Waals surface area contributed by atoms with E-state index in [1.54, 1.807) is 17.0 Å². The molecule has 0 fully saturated rings. The molecule has 1 heterocycles. The van der Waals surface area contributed by atoms with Crippen molar-refractivity contribution < 1.29 is 18.9 Å². The Bertz CT molecular complexity index is 834. The highest BCUT2D eigenvalue weighted by Crippen LogP contribution is 2.19. The Morgan fingerprint density at radius 2 is 1.84 bits per heavy atom. The third-order valence-corrected chi connectivity index (χ3v) is 5.49. The quantitative estimate of drug-likeness (QED) is 0.890. The summed E-state index contributed by atoms with van der Waals surface area (Å²) in [5, 5.41) is 9.00. The first-order chi connectivity index (χ1) is 12.0. The molecule has 6 heteroatoms. The topological polar surface area (TPSA) is 74.7 Å². The Labute approximate surface area is 148 Å². The van der Waals surface area contributed by atoms with Crippen LogP contribution in [0.15, 0.2) is 48.5 Å². The van der Waals surface area contributed by atoms with Crippen LogP contribution in [0.25, 0.3) is 0 Å². The van der Waals surface area contributed by atoms with Crippen molar-refractivity contribution in [3.63, 3.8) is 0 Å². The van der Waals surface area contributed by atoms with E-state index in [2.05, 4.69) is 6.07 Å². The number of carboxylic acids is 1. The third kappa shape index (κ3) is 4.33. The second-order valence-corrected chi connectivity index (χ2v) is 7.53. The van der Waals surface area contributed by atoms with Crippen molar-refractivity contribution in [1.29, 1.82) is 0 Å². The van der Waals surface area contributed by atoms with Crippen LogP contribution in [0.1, 0.15) is 27.0 Å². The number of hydrogen-bond acceptors (Lipinski definition) is 3. The fourth-order valence-corrected chi connectivity index (χ4v) is 4.08. The number of carboxylic acid groups (broad SMARTS) is 1. The van der Waals surface area contributed by atoms with Crippen LogP contribution in [0, 0.1) is 0 Å². The van der Waals surface area contributed by atoms with Gasteiger partial charge in [-0.05, 0) is 35.2 Å². The zero-order valence-corrected chi connectivity index (χ0v) is 14.5. The van der Waals surface area contributed by atoms with Crippen molar-refractivity contribution in [3.05, 3.63) is 70.8 Å². The van der Waals surface area contributed by atoms with Crippen molar-refractivity contribution in [1.82, 2.24) is 4.90 Å². The predicted octanol–water partition coefficient (Wildman–Crippen LogP) is 2.22. The maximum absolute atomic E-state index is 12.4. The minimum atomic E-state index is -1.37. The molecule has 0 spiro atoms. The van der Waals surface area contributed by atoms with Crippen molar-refractivity contribution in [2.75, 3.05) is 12.3 Å². The molecule has 0 saturated heterocycles. The van der Waals surface area contributed by atoms with E-state index in [0.29, 0.717) is 18.7 Å². The number of carbonyl (C=O) groups excluding carboxylic acids is 1. The first-order valence-corrected chi connectivity index (χ1v) is 9.53. The Kier molecular flexibility index (Phi) is 5.28. The molecule has 0 aromatic heterocycles. The summed E-state index contributed by atoms with van der Waals surface area (Å²) < 4.78 is 12.3. The fourth-order valence-electron chi connectivity index (χ4n) is 2.97. The molecule has 130 valence electrons. The number of hydrogen-bond donors (Lipinski definition) is 1. The average molecular weight is 357 g/mol. The summed E-state index contributed by atoms with van der Waals surface area (Å²) in [7, 11) is -1.37. The highest BCUT2D eigenvalue weighted by atomic mass is 32.2. The van der Waals surface area contributed by atoms with Gasteiger partial charge in [0.1, 0.15) is 5.75 Å². The van der Waals surface area contributed by atoms with Gasteiger partial charge in [0.25, 0.3) is 0 Å². The maximum atomic E-state index is 12.4. The first-order valence-electron chi connectivity index (χ1n) is 8.04. The van der Waals surface area contributed by atoms with Gasteiger partial charge in [-0.1, -0.05) is 36.4 Å². The van der Waals surface area contributed by atoms with Crippen LogP contribution < -0.4 is 0 Å². The Morgan fingerprint density at radius 1 is 1.08 bits per heavy atom. The summed E-state index contributed by atoms with van der Waals surface area (Å²) in [6.45, 7) is 1.20. The van der Waals surface area contributed by atoms with Crippen LogP contribution in [0.4, 0.5) is 0 Å². The van der Waals surface area contributed by atoms with Gasteiger partial charge in [0.15, 0.2) is 0 Å². The van der Waals surface area contributed by atoms with Gasteiger partial charge in [-0.3, -0.25) is 9.00 Å². The van der Waals surface area contributed by atoms with Crippen LogP contribution in [0.2, 0.25) is 0 Å². The molecule has 1 unspecified atom stereocenters. The molecule has 0 bridgehead atoms. The number of rotatable bonds is 5. The summed E-state index contributed by atoms with van der Waals surface area (Å²) in [4.78, 5) is 25.2. The summed E-state index contributed by atoms with van der Waals surface area (Å²) in [6, 6.07) is 14.4. The Hall–Kier alpha value is -2.47. The number of amides is 1. The van der Waals surface area contributed by atoms with E-state index in [9.17, 15) is 13.8 Å². The normalized spacial score (nSPS) is 14.6. The summed E-state index contributed by atoms with van der Waals surface area (Å²) in [5.74, 6) is -1.01. The molecule has 2 aromatic rings. The zero-order valence-electron chi connectivity index (χ0n) is 13.7. The van der Waals surface area contributed by atoms with E-state index in [1.165, 1.54) is 17.7 Å². The van der Waals surface area contributed by atoms with Gasteiger partial charge in [-0.25, -0.2) is 4.79 Å². The number of fused-ring (bicyclic) bond motifs is 1. The molecular formula is C19H19NO4S. The van der Waals surface area contributed by atoms with Crippen LogP contribution in [-0.4, -0.2) is 38.4 Å². The Balaban J connectivity index is 1.59. The number of aromatic carboxylic acids is 1. The minimum absolute atomic E-state index is 0.0422. The third-order valence-electron chi connectivity index (χ3n) is 4.27. The second kappa shape index (κ2) is 7.61. The maximum Gasteiger partial charge on any atom is 0.335 e. The highest BCUT2D eigenvalue weighted by molar-refractivity contribution is 7.84. The van der Waals surface area contributed by atoms with Crippen LogP contribution in [0.3, 0.4) is 0 Å².